The van der Waals surface area contributed by atoms with E-state index >= 15 is 0 Å². The predicted octanol–water partition coefficient (Wildman–Crippen LogP) is 1.86. The molecule has 0 unspecified atom stereocenters. The van der Waals surface area contributed by atoms with Gasteiger partial charge < -0.3 is 4.74 Å². The summed E-state index contributed by atoms with van der Waals surface area (Å²) in [4.78, 5) is 11.1. The van der Waals surface area contributed by atoms with Gasteiger partial charge in [-0.25, -0.2) is 4.79 Å². The molecule has 0 aromatic carbocycles. The Kier molecular flexibility index (Phi) is 3.14. The number of rotatable bonds is 2. The van der Waals surface area contributed by atoms with Crippen molar-refractivity contribution >= 4 is 5.97 Å². The van der Waals surface area contributed by atoms with Gasteiger partial charge in [0.05, 0.1) is 6.61 Å². The fourth-order valence-electron chi connectivity index (χ4n) is 1.10. The molecule has 2 heteroatoms. The van der Waals surface area contributed by atoms with Gasteiger partial charge in [-0.3, -0.25) is 0 Å². The van der Waals surface area contributed by atoms with E-state index in [9.17, 15) is 4.79 Å². The van der Waals surface area contributed by atoms with Crippen molar-refractivity contribution in [2.24, 2.45) is 0 Å². The number of carbonyl (C=O) groups excluding carboxylic acids is 1. The number of hydrogen-bond acceptors (Lipinski definition) is 2. The highest BCUT2D eigenvalue weighted by Crippen LogP contribution is 2.16. The van der Waals surface area contributed by atoms with Gasteiger partial charge in [0.1, 0.15) is 0 Å². The molecule has 0 amide bonds. The van der Waals surface area contributed by atoms with Crippen LogP contribution in [0.5, 0.6) is 0 Å². The highest BCUT2D eigenvalue weighted by molar-refractivity contribution is 5.90. The minimum absolute atomic E-state index is 0.174. The maximum atomic E-state index is 11.1. The lowest BCUT2D eigenvalue weighted by molar-refractivity contribution is -0.138. The van der Waals surface area contributed by atoms with E-state index in [2.05, 4.69) is 0 Å². The van der Waals surface area contributed by atoms with E-state index < -0.39 is 0 Å². The number of ether oxygens (including phenoxy) is 1. The van der Waals surface area contributed by atoms with Crippen molar-refractivity contribution in [3.8, 4) is 0 Å². The summed E-state index contributed by atoms with van der Waals surface area (Å²) >= 11 is 0. The third kappa shape index (κ3) is 2.37. The van der Waals surface area contributed by atoms with E-state index in [0.717, 1.165) is 24.8 Å². The molecule has 0 spiro atoms. The first-order valence-corrected chi connectivity index (χ1v) is 4.05. The minimum Gasteiger partial charge on any atom is -0.463 e. The summed E-state index contributed by atoms with van der Waals surface area (Å²) in [6.45, 7) is 2.28. The Balaban J connectivity index is 2.44. The third-order valence-corrected chi connectivity index (χ3v) is 1.65. The number of allylic oxidation sites excluding steroid dienone is 1. The van der Waals surface area contributed by atoms with Gasteiger partial charge in [0, 0.05) is 5.57 Å². The molecule has 0 aromatic heterocycles. The number of carbonyl (C=O) groups is 1. The molecule has 0 heterocycles. The average molecular weight is 153 g/mol. The van der Waals surface area contributed by atoms with E-state index in [-0.39, 0.29) is 5.97 Å². The Bertz CT molecular complexity index is 170. The van der Waals surface area contributed by atoms with E-state index in [0.29, 0.717) is 6.61 Å². The Morgan fingerprint density at radius 1 is 1.64 bits per heavy atom. The fourth-order valence-corrected chi connectivity index (χ4v) is 1.10. The zero-order valence-electron chi connectivity index (χ0n) is 6.80. The molecule has 0 N–H and O–H groups in total. The maximum absolute atomic E-state index is 11.1. The molecule has 0 aliphatic heterocycles. The molecule has 1 aliphatic carbocycles. The molecule has 0 fully saturated rings. The topological polar surface area (TPSA) is 26.3 Å². The van der Waals surface area contributed by atoms with Crippen LogP contribution in [0.3, 0.4) is 0 Å². The van der Waals surface area contributed by atoms with E-state index in [1.807, 2.05) is 19.4 Å². The summed E-state index contributed by atoms with van der Waals surface area (Å²) in [6, 6.07) is 0. The predicted molar refractivity (Wildman–Crippen MR) is 42.9 cm³/mol. The largest absolute Gasteiger partial charge is 0.463 e. The first-order valence-electron chi connectivity index (χ1n) is 4.05. The standard InChI is InChI=1S/C9H13O2/c1-2-11-9(10)8-6-4-3-5-7-8/h6-7H,2-5H2,1H3. The second-order valence-electron chi connectivity index (χ2n) is 2.51. The summed E-state index contributed by atoms with van der Waals surface area (Å²) < 4.78 is 4.84. The van der Waals surface area contributed by atoms with Crippen molar-refractivity contribution in [2.45, 2.75) is 26.2 Å². The van der Waals surface area contributed by atoms with Crippen LogP contribution in [0.15, 0.2) is 11.6 Å². The molecule has 0 aromatic rings. The Morgan fingerprint density at radius 2 is 2.45 bits per heavy atom. The highest BCUT2D eigenvalue weighted by Gasteiger charge is 2.12. The van der Waals surface area contributed by atoms with E-state index in [1.54, 1.807) is 0 Å². The molecule has 0 atom stereocenters. The molecule has 1 radical (unpaired) electrons. The van der Waals surface area contributed by atoms with Gasteiger partial charge in [0.25, 0.3) is 0 Å². The first-order chi connectivity index (χ1) is 5.34. The summed E-state index contributed by atoms with van der Waals surface area (Å²) in [5.74, 6) is -0.174. The summed E-state index contributed by atoms with van der Waals surface area (Å²) in [6.07, 6.45) is 7.06. The van der Waals surface area contributed by atoms with Gasteiger partial charge in [-0.15, -0.1) is 0 Å². The van der Waals surface area contributed by atoms with Crippen LogP contribution in [0.4, 0.5) is 0 Å². The molecular weight excluding hydrogens is 140 g/mol. The maximum Gasteiger partial charge on any atom is 0.333 e. The van der Waals surface area contributed by atoms with Crippen molar-refractivity contribution in [1.29, 1.82) is 0 Å². The average Bonchev–Trinajstić information content (AvgIpc) is 2.07. The fraction of sp³-hybridized carbons (Fsp3) is 0.556. The molecule has 1 aliphatic rings. The van der Waals surface area contributed by atoms with Gasteiger partial charge in [-0.1, -0.05) is 6.08 Å². The Labute approximate surface area is 67.2 Å². The lowest BCUT2D eigenvalue weighted by Crippen LogP contribution is -2.10. The van der Waals surface area contributed by atoms with Crippen LogP contribution in [-0.4, -0.2) is 12.6 Å². The van der Waals surface area contributed by atoms with E-state index in [1.165, 1.54) is 0 Å². The second-order valence-corrected chi connectivity index (χ2v) is 2.51. The lowest BCUT2D eigenvalue weighted by atomic mass is 10.00. The van der Waals surface area contributed by atoms with E-state index in [4.69, 9.17) is 4.74 Å². The van der Waals surface area contributed by atoms with Crippen LogP contribution >= 0.6 is 0 Å². The highest BCUT2D eigenvalue weighted by atomic mass is 16.5. The first kappa shape index (κ1) is 8.31. The molecule has 61 valence electrons. The van der Waals surface area contributed by atoms with Crippen LogP contribution in [0.25, 0.3) is 0 Å². The lowest BCUT2D eigenvalue weighted by Gasteiger charge is -2.10. The van der Waals surface area contributed by atoms with Crippen LogP contribution in [0, 0.1) is 6.42 Å². The monoisotopic (exact) mass is 153 g/mol. The molecule has 0 saturated carbocycles. The smallest absolute Gasteiger partial charge is 0.333 e. The van der Waals surface area contributed by atoms with Gasteiger partial charge in [0.2, 0.25) is 0 Å². The zero-order chi connectivity index (χ0) is 8.10. The van der Waals surface area contributed by atoms with Crippen LogP contribution in [0.1, 0.15) is 26.2 Å². The Morgan fingerprint density at radius 3 is 3.00 bits per heavy atom. The van der Waals surface area contributed by atoms with Gasteiger partial charge in [0.15, 0.2) is 0 Å². The van der Waals surface area contributed by atoms with Crippen molar-refractivity contribution in [3.63, 3.8) is 0 Å². The second kappa shape index (κ2) is 4.16. The van der Waals surface area contributed by atoms with Gasteiger partial charge in [-0.2, -0.15) is 0 Å². The van der Waals surface area contributed by atoms with Gasteiger partial charge >= 0.3 is 5.97 Å². The Hall–Kier alpha value is -0.790. The van der Waals surface area contributed by atoms with Crippen LogP contribution < -0.4 is 0 Å². The molecule has 0 saturated heterocycles. The molecular formula is C9H13O2. The zero-order valence-corrected chi connectivity index (χ0v) is 6.80. The molecule has 1 rings (SSSR count). The summed E-state index contributed by atoms with van der Waals surface area (Å²) in [5, 5.41) is 0. The quantitative estimate of drug-likeness (QED) is 0.566. The van der Waals surface area contributed by atoms with Crippen LogP contribution in [0.2, 0.25) is 0 Å². The third-order valence-electron chi connectivity index (χ3n) is 1.65. The molecule has 0 bridgehead atoms. The minimum atomic E-state index is -0.174. The van der Waals surface area contributed by atoms with Crippen molar-refractivity contribution in [2.75, 3.05) is 6.61 Å². The SMILES string of the molecule is CCOC(=O)C1=CCCC[CH]1. The number of esters is 1. The van der Waals surface area contributed by atoms with Crippen molar-refractivity contribution in [1.82, 2.24) is 0 Å². The summed E-state index contributed by atoms with van der Waals surface area (Å²) in [7, 11) is 0. The normalized spacial score (nSPS) is 17.4. The molecule has 2 nitrogen and oxygen atoms in total. The van der Waals surface area contributed by atoms with Crippen molar-refractivity contribution < 1.29 is 9.53 Å². The van der Waals surface area contributed by atoms with Crippen LogP contribution in [-0.2, 0) is 9.53 Å². The van der Waals surface area contributed by atoms with Crippen molar-refractivity contribution in [3.05, 3.63) is 18.1 Å². The molecule has 11 heavy (non-hydrogen) atoms. The summed E-state index contributed by atoms with van der Waals surface area (Å²) in [5.41, 5.74) is 0.748. The number of hydrogen-bond donors (Lipinski definition) is 0. The van der Waals surface area contributed by atoms with Gasteiger partial charge in [-0.05, 0) is 32.6 Å².